The van der Waals surface area contributed by atoms with E-state index in [1.807, 2.05) is 12.1 Å². The van der Waals surface area contributed by atoms with Crippen molar-refractivity contribution in [2.24, 2.45) is 4.99 Å². The Morgan fingerprint density at radius 1 is 1.22 bits per heavy atom. The van der Waals surface area contributed by atoms with Gasteiger partial charge in [-0.1, -0.05) is 5.69 Å². The Hall–Kier alpha value is -1.16. The molecule has 4 atom stereocenters. The predicted molar refractivity (Wildman–Crippen MR) is 91.8 cm³/mol. The van der Waals surface area contributed by atoms with Crippen molar-refractivity contribution in [2.75, 3.05) is 27.9 Å². The van der Waals surface area contributed by atoms with E-state index in [1.165, 1.54) is 10.8 Å². The van der Waals surface area contributed by atoms with Crippen molar-refractivity contribution in [3.05, 3.63) is 58.6 Å². The minimum Gasteiger partial charge on any atom is -0.410 e. The van der Waals surface area contributed by atoms with E-state index < -0.39 is 18.0 Å². The minimum absolute atomic E-state index is 0. The largest absolute Gasteiger partial charge is 0.410 e. The van der Waals surface area contributed by atoms with Crippen molar-refractivity contribution in [1.29, 1.82) is 0 Å². The zero-order valence-electron chi connectivity index (χ0n) is 15.4. The maximum absolute atomic E-state index is 12.5. The number of hydrogen-bond acceptors (Lipinski definition) is 6. The average molecular weight is 448 g/mol. The zero-order chi connectivity index (χ0) is 18.5. The summed E-state index contributed by atoms with van der Waals surface area (Å²) in [5.41, 5.74) is 0.513. The van der Waals surface area contributed by atoms with Gasteiger partial charge < -0.3 is 34.6 Å². The first-order valence-corrected chi connectivity index (χ1v) is 8.12. The molecule has 1 aliphatic rings. The molecule has 2 heterocycles. The molecule has 27 heavy (non-hydrogen) atoms. The van der Waals surface area contributed by atoms with Gasteiger partial charge in [-0.2, -0.15) is 30.5 Å². The fourth-order valence-corrected chi connectivity index (χ4v) is 2.98. The molecule has 3 rings (SSSR count). The van der Waals surface area contributed by atoms with Gasteiger partial charge >= 0.3 is 5.69 Å². The van der Waals surface area contributed by atoms with Crippen LogP contribution >= 0.6 is 0 Å². The fourth-order valence-electron chi connectivity index (χ4n) is 2.98. The van der Waals surface area contributed by atoms with E-state index in [-0.39, 0.29) is 44.9 Å². The van der Waals surface area contributed by atoms with E-state index in [9.17, 15) is 4.79 Å². The zero-order valence-corrected chi connectivity index (χ0v) is 18.3. The number of hydrogen-bond donors (Lipinski definition) is 1. The van der Waals surface area contributed by atoms with Gasteiger partial charge in [-0.25, -0.2) is 4.79 Å². The first kappa shape index (κ1) is 22.1. The third-order valence-corrected chi connectivity index (χ3v) is 4.16. The van der Waals surface area contributed by atoms with Crippen LogP contribution < -0.4 is 11.2 Å². The van der Waals surface area contributed by atoms with Crippen molar-refractivity contribution in [1.82, 2.24) is 9.55 Å². The Morgan fingerprint density at radius 3 is 2.59 bits per heavy atom. The van der Waals surface area contributed by atoms with Gasteiger partial charge in [-0.3, -0.25) is 4.99 Å². The van der Waals surface area contributed by atoms with Crippen LogP contribution in [0.1, 0.15) is 6.23 Å². The van der Waals surface area contributed by atoms with E-state index in [1.54, 1.807) is 33.5 Å². The van der Waals surface area contributed by atoms with Gasteiger partial charge in [0.1, 0.15) is 18.3 Å². The smallest absolute Gasteiger partial charge is 0.324 e. The van der Waals surface area contributed by atoms with Crippen molar-refractivity contribution in [3.8, 4) is 0 Å². The van der Waals surface area contributed by atoms with Gasteiger partial charge in [0.15, 0.2) is 6.23 Å². The Kier molecular flexibility index (Phi) is 8.53. The number of para-hydroxylation sites is 1. The van der Waals surface area contributed by atoms with Crippen molar-refractivity contribution in [2.45, 2.75) is 24.5 Å². The second kappa shape index (κ2) is 10.4. The molecule has 0 amide bonds. The molecule has 143 valence electrons. The van der Waals surface area contributed by atoms with E-state index in [0.717, 1.165) is 0 Å². The van der Waals surface area contributed by atoms with Crippen molar-refractivity contribution < 1.29 is 51.7 Å². The molecule has 1 radical (unpaired) electrons. The topological polar surface area (TPSA) is 87.1 Å². The number of aromatic amines is 1. The summed E-state index contributed by atoms with van der Waals surface area (Å²) in [4.78, 5) is 19.5. The van der Waals surface area contributed by atoms with Crippen LogP contribution in [0.4, 0.5) is 5.69 Å². The number of rotatable bonds is 6. The van der Waals surface area contributed by atoms with Crippen LogP contribution in [0, 0.1) is 12.1 Å². The van der Waals surface area contributed by atoms with E-state index >= 15 is 0 Å². The van der Waals surface area contributed by atoms with Gasteiger partial charge in [0.25, 0.3) is 0 Å². The van der Waals surface area contributed by atoms with Gasteiger partial charge in [0, 0.05) is 54.0 Å². The third kappa shape index (κ3) is 5.02. The van der Waals surface area contributed by atoms with E-state index in [0.29, 0.717) is 17.8 Å². The Balaban J connectivity index is 0.00000261. The summed E-state index contributed by atoms with van der Waals surface area (Å²) >= 11 is 0. The number of nitrogens with zero attached hydrogens (tertiary/aromatic N) is 2. The minimum atomic E-state index is -0.664. The summed E-state index contributed by atoms with van der Waals surface area (Å²) in [5.74, 6) is 0. The molecule has 1 aromatic heterocycles. The van der Waals surface area contributed by atoms with Crippen LogP contribution in [0.15, 0.2) is 40.2 Å². The van der Waals surface area contributed by atoms with Gasteiger partial charge in [0.2, 0.25) is 0 Å². The van der Waals surface area contributed by atoms with Crippen LogP contribution in [-0.2, 0) is 51.7 Å². The molecule has 2 aromatic rings. The van der Waals surface area contributed by atoms with Crippen LogP contribution in [0.3, 0.4) is 0 Å². The molecule has 1 aromatic carbocycles. The molecule has 1 unspecified atom stereocenters. The standard InChI is InChI=1S/C18H21N3O5.Y/c1-23-11-13-15(24-2)16(25-3)17(26-13)21-10-9-14(20-18(21)22)19-12-7-5-4-6-8-12;/h4-7,10,13,15-17H,11H2,1-3H3,(H,19,20,22);/q-2;/t13-,15+,16?,17-;/m1./s1. The van der Waals surface area contributed by atoms with E-state index in [2.05, 4.69) is 22.1 Å². The van der Waals surface area contributed by atoms with Gasteiger partial charge in [-0.05, 0) is 5.49 Å². The maximum Gasteiger partial charge on any atom is 0.324 e. The SMILES string of the molecule is COC[C@H]1O[C@@H](n2c[c-]c(=Nc3[c-]cccc3)[nH]c2=O)C(OC)[C@H]1OC.[Y]. The summed E-state index contributed by atoms with van der Waals surface area (Å²) in [7, 11) is 4.70. The molecule has 8 nitrogen and oxygen atoms in total. The molecule has 1 aliphatic heterocycles. The molecule has 9 heteroatoms. The third-order valence-electron chi connectivity index (χ3n) is 4.16. The Labute approximate surface area is 182 Å². The number of nitrogens with one attached hydrogen (secondary N) is 1. The second-order valence-electron chi connectivity index (χ2n) is 5.74. The number of ether oxygens (including phenoxy) is 4. The molecule has 1 N–H and O–H groups in total. The van der Waals surface area contributed by atoms with Crippen molar-refractivity contribution >= 4 is 5.69 Å². The number of aromatic nitrogens is 2. The maximum atomic E-state index is 12.5. The number of benzene rings is 1. The molecule has 1 saturated heterocycles. The summed E-state index contributed by atoms with van der Waals surface area (Å²) in [6.45, 7) is 0.328. The predicted octanol–water partition coefficient (Wildman–Crippen LogP) is 0.580. The van der Waals surface area contributed by atoms with Gasteiger partial charge in [-0.15, -0.1) is 6.07 Å². The van der Waals surface area contributed by atoms with E-state index in [4.69, 9.17) is 18.9 Å². The first-order chi connectivity index (χ1) is 12.7. The molecule has 0 bridgehead atoms. The van der Waals surface area contributed by atoms with Crippen LogP contribution in [0.5, 0.6) is 0 Å². The average Bonchev–Trinajstić information content (AvgIpc) is 3.00. The fraction of sp³-hybridized carbons (Fsp3) is 0.444. The molecular formula is C18H21N3O5Y-2. The van der Waals surface area contributed by atoms with Crippen molar-refractivity contribution in [3.63, 3.8) is 0 Å². The van der Waals surface area contributed by atoms with Crippen LogP contribution in [-0.4, -0.2) is 55.8 Å². The van der Waals surface area contributed by atoms with Crippen LogP contribution in [0.2, 0.25) is 0 Å². The molecular weight excluding hydrogens is 427 g/mol. The number of H-pyrrole nitrogens is 1. The van der Waals surface area contributed by atoms with Gasteiger partial charge in [0.05, 0.1) is 6.61 Å². The quantitative estimate of drug-likeness (QED) is 0.654. The second-order valence-corrected chi connectivity index (χ2v) is 5.74. The Morgan fingerprint density at radius 2 is 2.00 bits per heavy atom. The summed E-state index contributed by atoms with van der Waals surface area (Å²) < 4.78 is 23.5. The molecule has 0 spiro atoms. The summed E-state index contributed by atoms with van der Waals surface area (Å²) in [5, 5.41) is 0. The number of methoxy groups -OCH3 is 3. The first-order valence-electron chi connectivity index (χ1n) is 8.12. The summed E-state index contributed by atoms with van der Waals surface area (Å²) in [6, 6.07) is 13.1. The monoisotopic (exact) mass is 448 g/mol. The molecule has 1 fully saturated rings. The summed E-state index contributed by atoms with van der Waals surface area (Å²) in [6.07, 6.45) is -0.346. The Bertz CT molecular complexity index is 839. The normalized spacial score (nSPS) is 25.4. The molecule has 0 saturated carbocycles. The van der Waals surface area contributed by atoms with Crippen LogP contribution in [0.25, 0.3) is 0 Å². The molecule has 0 aliphatic carbocycles.